The van der Waals surface area contributed by atoms with Crippen molar-refractivity contribution in [2.24, 2.45) is 5.73 Å². The van der Waals surface area contributed by atoms with Gasteiger partial charge < -0.3 is 20.5 Å². The quantitative estimate of drug-likeness (QED) is 0.844. The molecule has 0 bridgehead atoms. The van der Waals surface area contributed by atoms with E-state index in [2.05, 4.69) is 0 Å². The highest BCUT2D eigenvalue weighted by Gasteiger charge is 2.33. The number of likely N-dealkylation sites (tertiary alicyclic amines) is 1. The third-order valence-corrected chi connectivity index (χ3v) is 3.11. The second-order valence-corrected chi connectivity index (χ2v) is 4.59. The molecular weight excluding hydrogens is 232 g/mol. The summed E-state index contributed by atoms with van der Waals surface area (Å²) in [6.45, 7) is 1.30. The first-order valence-corrected chi connectivity index (χ1v) is 6.03. The molecule has 5 heteroatoms. The fourth-order valence-corrected chi connectivity index (χ4v) is 2.23. The van der Waals surface area contributed by atoms with Gasteiger partial charge in [-0.3, -0.25) is 0 Å². The minimum atomic E-state index is -0.920. The lowest BCUT2D eigenvalue weighted by Gasteiger charge is -2.21. The molecule has 98 valence electrons. The van der Waals surface area contributed by atoms with Crippen LogP contribution in [0.3, 0.4) is 0 Å². The van der Waals surface area contributed by atoms with Gasteiger partial charge in [-0.1, -0.05) is 30.3 Å². The van der Waals surface area contributed by atoms with E-state index in [0.717, 1.165) is 5.56 Å². The van der Waals surface area contributed by atoms with Gasteiger partial charge in [0.05, 0.1) is 19.3 Å². The Bertz CT molecular complexity index is 396. The molecule has 1 aromatic carbocycles. The van der Waals surface area contributed by atoms with Gasteiger partial charge in [0.1, 0.15) is 0 Å². The van der Waals surface area contributed by atoms with Crippen LogP contribution in [0, 0.1) is 0 Å². The van der Waals surface area contributed by atoms with Crippen LogP contribution in [0.25, 0.3) is 0 Å². The van der Waals surface area contributed by atoms with Gasteiger partial charge in [0, 0.05) is 12.6 Å². The average molecular weight is 250 g/mol. The van der Waals surface area contributed by atoms with Crippen molar-refractivity contribution in [2.75, 3.05) is 13.2 Å². The Balaban J connectivity index is 1.81. The molecule has 1 aromatic rings. The number of amides is 1. The second-order valence-electron chi connectivity index (χ2n) is 4.59. The zero-order chi connectivity index (χ0) is 13.0. The van der Waals surface area contributed by atoms with Crippen LogP contribution in [0.1, 0.15) is 12.0 Å². The minimum absolute atomic E-state index is 0.0774. The van der Waals surface area contributed by atoms with E-state index in [0.29, 0.717) is 26.2 Å². The molecule has 1 aliphatic rings. The van der Waals surface area contributed by atoms with E-state index in [4.69, 9.17) is 15.6 Å². The third kappa shape index (κ3) is 3.21. The fraction of sp³-hybridized carbons (Fsp3) is 0.462. The van der Waals surface area contributed by atoms with Crippen molar-refractivity contribution in [3.05, 3.63) is 35.9 Å². The van der Waals surface area contributed by atoms with Crippen LogP contribution in [0.5, 0.6) is 0 Å². The normalized spacial score (nSPS) is 23.3. The number of rotatable bonds is 4. The Hall–Kier alpha value is -1.59. The summed E-state index contributed by atoms with van der Waals surface area (Å²) in [5.74, 6) is 0. The summed E-state index contributed by atoms with van der Waals surface area (Å²) in [6.07, 6.45) is -0.252. The van der Waals surface area contributed by atoms with Crippen LogP contribution in [-0.4, -0.2) is 41.3 Å². The topological polar surface area (TPSA) is 75.8 Å². The Kier molecular flexibility index (Phi) is 4.17. The zero-order valence-corrected chi connectivity index (χ0v) is 10.2. The van der Waals surface area contributed by atoms with Crippen LogP contribution in [-0.2, 0) is 11.3 Å². The summed E-state index contributed by atoms with van der Waals surface area (Å²) in [5.41, 5.74) is 6.86. The molecule has 0 aromatic heterocycles. The van der Waals surface area contributed by atoms with Gasteiger partial charge in [-0.15, -0.1) is 0 Å². The molecule has 18 heavy (non-hydrogen) atoms. The highest BCUT2D eigenvalue weighted by molar-refractivity contribution is 5.66. The molecule has 1 saturated heterocycles. The van der Waals surface area contributed by atoms with Crippen molar-refractivity contribution in [3.63, 3.8) is 0 Å². The summed E-state index contributed by atoms with van der Waals surface area (Å²) in [6, 6.07) is 9.62. The number of carbonyl (C=O) groups is 1. The van der Waals surface area contributed by atoms with Crippen LogP contribution in [0.2, 0.25) is 0 Å². The van der Waals surface area contributed by atoms with E-state index in [-0.39, 0.29) is 12.1 Å². The Morgan fingerprint density at radius 3 is 2.83 bits per heavy atom. The molecule has 0 aliphatic carbocycles. The van der Waals surface area contributed by atoms with E-state index in [9.17, 15) is 4.79 Å². The van der Waals surface area contributed by atoms with E-state index in [1.165, 1.54) is 4.90 Å². The number of ether oxygens (including phenoxy) is 1. The van der Waals surface area contributed by atoms with Crippen molar-refractivity contribution >= 4 is 6.09 Å². The van der Waals surface area contributed by atoms with E-state index < -0.39 is 6.09 Å². The molecule has 0 spiro atoms. The summed E-state index contributed by atoms with van der Waals surface area (Å²) < 4.78 is 5.57. The average Bonchev–Trinajstić information content (AvgIpc) is 2.72. The zero-order valence-electron chi connectivity index (χ0n) is 10.2. The third-order valence-electron chi connectivity index (χ3n) is 3.11. The number of benzene rings is 1. The molecule has 5 nitrogen and oxygen atoms in total. The van der Waals surface area contributed by atoms with Crippen molar-refractivity contribution in [1.29, 1.82) is 0 Å². The van der Waals surface area contributed by atoms with Gasteiger partial charge >= 0.3 is 6.09 Å². The van der Waals surface area contributed by atoms with Gasteiger partial charge in [0.25, 0.3) is 0 Å². The summed E-state index contributed by atoms with van der Waals surface area (Å²) >= 11 is 0. The molecule has 0 radical (unpaired) electrons. The molecule has 1 fully saturated rings. The van der Waals surface area contributed by atoms with Crippen LogP contribution in [0.15, 0.2) is 30.3 Å². The SMILES string of the molecule is N[C@@H]1C[C@H](COCc2ccccc2)N(C(=O)O)C1. The highest BCUT2D eigenvalue weighted by Crippen LogP contribution is 2.17. The molecule has 0 saturated carbocycles. The predicted molar refractivity (Wildman–Crippen MR) is 67.2 cm³/mol. The van der Waals surface area contributed by atoms with Gasteiger partial charge in [-0.25, -0.2) is 4.79 Å². The number of nitrogens with two attached hydrogens (primary N) is 1. The lowest BCUT2D eigenvalue weighted by molar-refractivity contribution is 0.0643. The summed E-state index contributed by atoms with van der Waals surface area (Å²) in [4.78, 5) is 12.4. The molecule has 0 unspecified atom stereocenters. The smallest absolute Gasteiger partial charge is 0.407 e. The number of hydrogen-bond donors (Lipinski definition) is 2. The minimum Gasteiger partial charge on any atom is -0.465 e. The maximum atomic E-state index is 11.0. The van der Waals surface area contributed by atoms with Gasteiger partial charge in [0.2, 0.25) is 0 Å². The predicted octanol–water partition coefficient (Wildman–Crippen LogP) is 1.28. The first-order chi connectivity index (χ1) is 8.66. The van der Waals surface area contributed by atoms with Gasteiger partial charge in [-0.05, 0) is 12.0 Å². The number of nitrogens with zero attached hydrogens (tertiary/aromatic N) is 1. The monoisotopic (exact) mass is 250 g/mol. The first kappa shape index (κ1) is 12.9. The van der Waals surface area contributed by atoms with Crippen molar-refractivity contribution < 1.29 is 14.6 Å². The standard InChI is InChI=1S/C13H18N2O3/c14-11-6-12(15(7-11)13(16)17)9-18-8-10-4-2-1-3-5-10/h1-5,11-12H,6-9,14H2,(H,16,17)/t11-,12-/m1/s1. The van der Waals surface area contributed by atoms with E-state index >= 15 is 0 Å². The first-order valence-electron chi connectivity index (χ1n) is 6.03. The Morgan fingerprint density at radius 1 is 1.44 bits per heavy atom. The molecule has 2 atom stereocenters. The molecular formula is C13H18N2O3. The second kappa shape index (κ2) is 5.84. The Morgan fingerprint density at radius 2 is 2.17 bits per heavy atom. The fourth-order valence-electron chi connectivity index (χ4n) is 2.23. The lowest BCUT2D eigenvalue weighted by atomic mass is 10.2. The van der Waals surface area contributed by atoms with Gasteiger partial charge in [0.15, 0.2) is 0 Å². The van der Waals surface area contributed by atoms with Crippen LogP contribution in [0.4, 0.5) is 4.79 Å². The Labute approximate surface area is 106 Å². The van der Waals surface area contributed by atoms with E-state index in [1.54, 1.807) is 0 Å². The lowest BCUT2D eigenvalue weighted by Crippen LogP contribution is -2.37. The molecule has 1 aliphatic heterocycles. The number of hydrogen-bond acceptors (Lipinski definition) is 3. The van der Waals surface area contributed by atoms with Crippen molar-refractivity contribution in [2.45, 2.75) is 25.1 Å². The largest absolute Gasteiger partial charge is 0.465 e. The maximum Gasteiger partial charge on any atom is 0.407 e. The van der Waals surface area contributed by atoms with Crippen molar-refractivity contribution in [1.82, 2.24) is 4.90 Å². The van der Waals surface area contributed by atoms with Crippen molar-refractivity contribution in [3.8, 4) is 0 Å². The summed E-state index contributed by atoms with van der Waals surface area (Å²) in [7, 11) is 0. The summed E-state index contributed by atoms with van der Waals surface area (Å²) in [5, 5.41) is 9.03. The molecule has 1 amide bonds. The van der Waals surface area contributed by atoms with Crippen LogP contribution >= 0.6 is 0 Å². The van der Waals surface area contributed by atoms with E-state index in [1.807, 2.05) is 30.3 Å². The molecule has 1 heterocycles. The number of carboxylic acid groups (broad SMARTS) is 1. The van der Waals surface area contributed by atoms with Gasteiger partial charge in [-0.2, -0.15) is 0 Å². The highest BCUT2D eigenvalue weighted by atomic mass is 16.5. The maximum absolute atomic E-state index is 11.0. The molecule has 2 rings (SSSR count). The molecule has 3 N–H and O–H groups in total. The van der Waals surface area contributed by atoms with Crippen LogP contribution < -0.4 is 5.73 Å².